The first-order chi connectivity index (χ1) is 22.1. The summed E-state index contributed by atoms with van der Waals surface area (Å²) in [5.41, 5.74) is 7.41. The van der Waals surface area contributed by atoms with E-state index >= 15 is 0 Å². The molecule has 234 valence electrons. The quantitative estimate of drug-likeness (QED) is 0.242. The zero-order valence-corrected chi connectivity index (χ0v) is 26.2. The maximum atomic E-state index is 14.8. The highest BCUT2D eigenvalue weighted by atomic mass is 19.1. The van der Waals surface area contributed by atoms with Crippen molar-refractivity contribution in [2.24, 2.45) is 0 Å². The molecule has 0 bridgehead atoms. The summed E-state index contributed by atoms with van der Waals surface area (Å²) < 4.78 is 14.8. The van der Waals surface area contributed by atoms with Crippen LogP contribution in [0.1, 0.15) is 89.0 Å². The van der Waals surface area contributed by atoms with Gasteiger partial charge in [-0.1, -0.05) is 26.8 Å². The van der Waals surface area contributed by atoms with Crippen LogP contribution in [0.3, 0.4) is 0 Å². The van der Waals surface area contributed by atoms with Crippen LogP contribution in [0.25, 0.3) is 10.9 Å². The smallest absolute Gasteiger partial charge is 0.234 e. The summed E-state index contributed by atoms with van der Waals surface area (Å²) in [6, 6.07) is 13.6. The van der Waals surface area contributed by atoms with E-state index in [2.05, 4.69) is 64.1 Å². The van der Waals surface area contributed by atoms with Crippen LogP contribution in [0.15, 0.2) is 42.6 Å². The Balaban J connectivity index is 1.12. The first kappa shape index (κ1) is 29.8. The van der Waals surface area contributed by atoms with Gasteiger partial charge in [0.2, 0.25) is 17.8 Å². The van der Waals surface area contributed by atoms with E-state index in [1.54, 1.807) is 18.2 Å². The van der Waals surface area contributed by atoms with Gasteiger partial charge in [0.1, 0.15) is 0 Å². The van der Waals surface area contributed by atoms with Gasteiger partial charge in [-0.05, 0) is 59.9 Å². The third-order valence-electron chi connectivity index (χ3n) is 9.98. The Morgan fingerprint density at radius 3 is 2.57 bits per heavy atom. The van der Waals surface area contributed by atoms with Gasteiger partial charge in [0.05, 0.1) is 23.1 Å². The molecule has 2 aromatic heterocycles. The molecule has 2 aliphatic heterocycles. The molecular formula is C36H35FN6O3. The van der Waals surface area contributed by atoms with E-state index in [4.69, 9.17) is 0 Å². The molecule has 2 N–H and O–H groups in total. The number of rotatable bonds is 5. The van der Waals surface area contributed by atoms with Crippen LogP contribution >= 0.6 is 0 Å². The van der Waals surface area contributed by atoms with Crippen LogP contribution in [0.5, 0.6) is 0 Å². The normalized spacial score (nSPS) is 19.5. The summed E-state index contributed by atoms with van der Waals surface area (Å²) in [6.45, 7) is 9.62. The number of pyridine rings is 1. The Morgan fingerprint density at radius 1 is 1.07 bits per heavy atom. The van der Waals surface area contributed by atoms with Crippen molar-refractivity contribution in [1.29, 1.82) is 5.26 Å². The van der Waals surface area contributed by atoms with Gasteiger partial charge < -0.3 is 9.88 Å². The van der Waals surface area contributed by atoms with Gasteiger partial charge in [0, 0.05) is 84.2 Å². The van der Waals surface area contributed by atoms with E-state index in [0.29, 0.717) is 48.3 Å². The molecule has 2 fully saturated rings. The molecule has 3 aliphatic rings. The number of carbonyl (C=O) groups excluding carboxylic acids is 3. The number of aromatic amines is 1. The molecule has 4 aromatic rings. The molecule has 46 heavy (non-hydrogen) atoms. The summed E-state index contributed by atoms with van der Waals surface area (Å²) in [4.78, 5) is 49.9. The highest BCUT2D eigenvalue weighted by Gasteiger charge is 2.40. The minimum Gasteiger partial charge on any atom is -0.369 e. The number of nitrogens with one attached hydrogen (secondary N) is 2. The number of H-pyrrole nitrogens is 1. The molecule has 1 atom stereocenters. The SMILES string of the molecule is CCc1cc2c(cc1N1CCN(Cc3cc(C4CCC(=O)NC4=O)cnc3F)CC1)C(C)(C)c1[nH]c3cc(C#N)ccc3c1C2=O. The van der Waals surface area contributed by atoms with E-state index in [1.165, 1.54) is 6.20 Å². The van der Waals surface area contributed by atoms with Gasteiger partial charge in [-0.15, -0.1) is 0 Å². The number of ketones is 1. The number of piperazine rings is 1. The molecule has 0 spiro atoms. The highest BCUT2D eigenvalue weighted by molar-refractivity contribution is 6.20. The molecule has 10 heteroatoms. The topological polar surface area (TPSA) is 122 Å². The van der Waals surface area contributed by atoms with Crippen LogP contribution in [-0.2, 0) is 28.0 Å². The number of nitriles is 1. The fraction of sp³-hybridized carbons (Fsp3) is 0.361. The van der Waals surface area contributed by atoms with Crippen molar-refractivity contribution in [3.05, 3.63) is 93.2 Å². The Hall–Kier alpha value is -4.88. The van der Waals surface area contributed by atoms with Crippen molar-refractivity contribution in [2.45, 2.75) is 57.9 Å². The average molecular weight is 619 g/mol. The lowest BCUT2D eigenvalue weighted by Crippen LogP contribution is -2.46. The average Bonchev–Trinajstić information content (AvgIpc) is 3.45. The standard InChI is InChI=1S/C36H35FN6O3/c1-4-21-15-26-27(36(2,3)33-31(32(26)45)25-6-5-20(17-38)13-28(25)40-33)16-29(21)43-11-9-42(10-12-43)19-23-14-22(18-39-34(23)37)24-7-8-30(44)41-35(24)46/h5-6,13-16,18,24,40H,4,7-12,19H2,1-3H3,(H,41,44,46). The van der Waals surface area contributed by atoms with E-state index in [1.807, 2.05) is 6.07 Å². The number of nitrogens with zero attached hydrogens (tertiary/aromatic N) is 4. The monoisotopic (exact) mass is 618 g/mol. The Kier molecular flexibility index (Phi) is 7.24. The second-order valence-corrected chi connectivity index (χ2v) is 13.1. The van der Waals surface area contributed by atoms with Crippen LogP contribution in [0, 0.1) is 17.3 Å². The fourth-order valence-electron chi connectivity index (χ4n) is 7.37. The Labute approximate surface area is 266 Å². The number of aryl methyl sites for hydroxylation is 1. The molecule has 7 rings (SSSR count). The number of hydrogen-bond donors (Lipinski definition) is 2. The minimum atomic E-state index is -0.548. The number of amides is 2. The van der Waals surface area contributed by atoms with Crippen molar-refractivity contribution in [2.75, 3.05) is 31.1 Å². The number of aromatic nitrogens is 2. The second kappa shape index (κ2) is 11.2. The predicted molar refractivity (Wildman–Crippen MR) is 171 cm³/mol. The lowest BCUT2D eigenvalue weighted by atomic mass is 9.70. The molecule has 2 saturated heterocycles. The first-order valence-electron chi connectivity index (χ1n) is 15.8. The number of imide groups is 1. The lowest BCUT2D eigenvalue weighted by Gasteiger charge is -2.39. The number of hydrogen-bond acceptors (Lipinski definition) is 7. The van der Waals surface area contributed by atoms with E-state index in [9.17, 15) is 24.0 Å². The molecule has 4 heterocycles. The third-order valence-corrected chi connectivity index (χ3v) is 9.98. The molecule has 1 aliphatic carbocycles. The molecule has 9 nitrogen and oxygen atoms in total. The summed E-state index contributed by atoms with van der Waals surface area (Å²) in [5, 5.41) is 12.6. The summed E-state index contributed by atoms with van der Waals surface area (Å²) in [6.07, 6.45) is 2.81. The van der Waals surface area contributed by atoms with Crippen molar-refractivity contribution in [1.82, 2.24) is 20.2 Å². The molecule has 0 radical (unpaired) electrons. The van der Waals surface area contributed by atoms with Crippen LogP contribution in [0.2, 0.25) is 0 Å². The zero-order valence-electron chi connectivity index (χ0n) is 26.2. The van der Waals surface area contributed by atoms with Crippen molar-refractivity contribution < 1.29 is 18.8 Å². The van der Waals surface area contributed by atoms with Gasteiger partial charge in [-0.2, -0.15) is 9.65 Å². The molecule has 1 unspecified atom stereocenters. The highest BCUT2D eigenvalue weighted by Crippen LogP contribution is 2.46. The summed E-state index contributed by atoms with van der Waals surface area (Å²) in [5.74, 6) is -1.70. The number of anilines is 1. The van der Waals surface area contributed by atoms with Crippen molar-refractivity contribution in [3.8, 4) is 6.07 Å². The van der Waals surface area contributed by atoms with E-state index in [-0.39, 0.29) is 24.0 Å². The maximum Gasteiger partial charge on any atom is 0.234 e. The maximum absolute atomic E-state index is 14.8. The van der Waals surface area contributed by atoms with Crippen LogP contribution in [-0.4, -0.2) is 58.6 Å². The summed E-state index contributed by atoms with van der Waals surface area (Å²) in [7, 11) is 0. The van der Waals surface area contributed by atoms with Gasteiger partial charge in [0.15, 0.2) is 5.78 Å². The van der Waals surface area contributed by atoms with E-state index in [0.717, 1.165) is 58.5 Å². The van der Waals surface area contributed by atoms with Crippen molar-refractivity contribution in [3.63, 3.8) is 0 Å². The number of piperidine rings is 1. The molecule has 2 aromatic carbocycles. The Morgan fingerprint density at radius 2 is 1.85 bits per heavy atom. The molecular weight excluding hydrogens is 583 g/mol. The minimum absolute atomic E-state index is 0.00141. The summed E-state index contributed by atoms with van der Waals surface area (Å²) >= 11 is 0. The van der Waals surface area contributed by atoms with Crippen LogP contribution in [0.4, 0.5) is 10.1 Å². The second-order valence-electron chi connectivity index (χ2n) is 13.1. The first-order valence-corrected chi connectivity index (χ1v) is 15.8. The van der Waals surface area contributed by atoms with Gasteiger partial charge in [-0.3, -0.25) is 24.6 Å². The number of benzene rings is 2. The third kappa shape index (κ3) is 4.86. The Bertz CT molecular complexity index is 1980. The molecule has 0 saturated carbocycles. The van der Waals surface area contributed by atoms with Crippen LogP contribution < -0.4 is 10.2 Å². The lowest BCUT2D eigenvalue weighted by molar-refractivity contribution is -0.134. The fourth-order valence-corrected chi connectivity index (χ4v) is 7.37. The molecule has 2 amide bonds. The zero-order chi connectivity index (χ0) is 32.3. The van der Waals surface area contributed by atoms with Gasteiger partial charge in [-0.25, -0.2) is 4.98 Å². The number of carbonyl (C=O) groups is 3. The van der Waals surface area contributed by atoms with Gasteiger partial charge >= 0.3 is 0 Å². The largest absolute Gasteiger partial charge is 0.369 e. The number of fused-ring (bicyclic) bond motifs is 4. The van der Waals surface area contributed by atoms with E-state index < -0.39 is 17.3 Å². The van der Waals surface area contributed by atoms with Gasteiger partial charge in [0.25, 0.3) is 0 Å². The van der Waals surface area contributed by atoms with Crippen molar-refractivity contribution >= 4 is 34.2 Å². The predicted octanol–water partition coefficient (Wildman–Crippen LogP) is 4.85. The number of halogens is 1.